The number of ether oxygens (including phenoxy) is 1. The fraction of sp³-hybridized carbons (Fsp3) is 0.800. The van der Waals surface area contributed by atoms with Crippen LogP contribution in [0, 0.1) is 5.92 Å². The summed E-state index contributed by atoms with van der Waals surface area (Å²) in [6.07, 6.45) is 4.16. The van der Waals surface area contributed by atoms with E-state index in [1.54, 1.807) is 0 Å². The Labute approximate surface area is 120 Å². The summed E-state index contributed by atoms with van der Waals surface area (Å²) in [5, 5.41) is 0. The van der Waals surface area contributed by atoms with E-state index in [2.05, 4.69) is 0 Å². The van der Waals surface area contributed by atoms with Gasteiger partial charge in [0.1, 0.15) is 17.7 Å². The minimum atomic E-state index is -0.278. The number of carbonyl (C=O) groups is 3. The Balaban J connectivity index is 2.65. The van der Waals surface area contributed by atoms with Crippen molar-refractivity contribution in [1.29, 1.82) is 0 Å². The van der Waals surface area contributed by atoms with Crippen LogP contribution in [0.1, 0.15) is 58.3 Å². The van der Waals surface area contributed by atoms with E-state index in [1.165, 1.54) is 0 Å². The second-order valence-electron chi connectivity index (χ2n) is 5.44. The predicted octanol–water partition coefficient (Wildman–Crippen LogP) is 1.77. The first-order valence-corrected chi connectivity index (χ1v) is 7.50. The molecule has 114 valence electrons. The average molecular weight is 283 g/mol. The standard InChI is InChI=1S/C15H25NO4/c1-2-4-13-7-8-14(18)11(9-12(17)10-16)5-3-6-15(19)20-13/h11,13H,2-10,16H2,1H3. The highest BCUT2D eigenvalue weighted by Crippen LogP contribution is 2.22. The molecule has 0 aromatic carbocycles. The second kappa shape index (κ2) is 8.84. The van der Waals surface area contributed by atoms with Crippen LogP contribution in [0.4, 0.5) is 0 Å². The van der Waals surface area contributed by atoms with Crippen LogP contribution in [0.5, 0.6) is 0 Å². The van der Waals surface area contributed by atoms with E-state index in [4.69, 9.17) is 10.5 Å². The number of hydrogen-bond donors (Lipinski definition) is 1. The summed E-state index contributed by atoms with van der Waals surface area (Å²) in [7, 11) is 0. The largest absolute Gasteiger partial charge is 0.462 e. The van der Waals surface area contributed by atoms with Gasteiger partial charge in [0.15, 0.2) is 0 Å². The molecule has 0 aliphatic carbocycles. The molecule has 1 aliphatic heterocycles. The lowest BCUT2D eigenvalue weighted by molar-refractivity contribution is -0.151. The number of rotatable bonds is 5. The summed E-state index contributed by atoms with van der Waals surface area (Å²) in [6.45, 7) is 2.00. The van der Waals surface area contributed by atoms with Crippen LogP contribution in [-0.2, 0) is 19.1 Å². The van der Waals surface area contributed by atoms with Crippen LogP contribution < -0.4 is 5.73 Å². The molecular formula is C15H25NO4. The van der Waals surface area contributed by atoms with Crippen molar-refractivity contribution < 1.29 is 19.1 Å². The molecule has 1 heterocycles. The zero-order valence-corrected chi connectivity index (χ0v) is 12.2. The predicted molar refractivity (Wildman–Crippen MR) is 75.0 cm³/mol. The van der Waals surface area contributed by atoms with Crippen LogP contribution in [0.25, 0.3) is 0 Å². The van der Waals surface area contributed by atoms with Gasteiger partial charge in [-0.3, -0.25) is 14.4 Å². The first-order valence-electron chi connectivity index (χ1n) is 7.50. The van der Waals surface area contributed by atoms with Gasteiger partial charge in [0.05, 0.1) is 6.54 Å². The van der Waals surface area contributed by atoms with Crippen molar-refractivity contribution in [3.05, 3.63) is 0 Å². The van der Waals surface area contributed by atoms with Gasteiger partial charge in [-0.05, 0) is 25.7 Å². The van der Waals surface area contributed by atoms with Gasteiger partial charge >= 0.3 is 5.97 Å². The molecule has 0 saturated carbocycles. The minimum Gasteiger partial charge on any atom is -0.462 e. The van der Waals surface area contributed by atoms with Crippen LogP contribution >= 0.6 is 0 Å². The molecule has 0 spiro atoms. The summed E-state index contributed by atoms with van der Waals surface area (Å²) in [5.41, 5.74) is 5.31. The van der Waals surface area contributed by atoms with Crippen molar-refractivity contribution in [2.75, 3.05) is 6.54 Å². The molecule has 1 aliphatic rings. The lowest BCUT2D eigenvalue weighted by Gasteiger charge is -2.21. The van der Waals surface area contributed by atoms with E-state index in [0.29, 0.717) is 32.1 Å². The number of carbonyl (C=O) groups excluding carboxylic acids is 3. The Morgan fingerprint density at radius 3 is 2.70 bits per heavy atom. The van der Waals surface area contributed by atoms with Gasteiger partial charge in [-0.25, -0.2) is 0 Å². The third-order valence-corrected chi connectivity index (χ3v) is 3.71. The molecule has 1 saturated heterocycles. The van der Waals surface area contributed by atoms with Crippen molar-refractivity contribution in [2.24, 2.45) is 11.7 Å². The topological polar surface area (TPSA) is 86.5 Å². The highest BCUT2D eigenvalue weighted by atomic mass is 16.5. The van der Waals surface area contributed by atoms with E-state index < -0.39 is 0 Å². The molecule has 1 rings (SSSR count). The van der Waals surface area contributed by atoms with Crippen molar-refractivity contribution in [2.45, 2.75) is 64.4 Å². The molecule has 2 N–H and O–H groups in total. The number of ketones is 2. The van der Waals surface area contributed by atoms with Crippen molar-refractivity contribution >= 4 is 17.5 Å². The lowest BCUT2D eigenvalue weighted by atomic mass is 9.88. The number of nitrogens with two attached hydrogens (primary N) is 1. The molecule has 0 bridgehead atoms. The van der Waals surface area contributed by atoms with Crippen molar-refractivity contribution in [3.63, 3.8) is 0 Å². The first-order chi connectivity index (χ1) is 9.56. The summed E-state index contributed by atoms with van der Waals surface area (Å²) in [6, 6.07) is 0. The Morgan fingerprint density at radius 2 is 2.05 bits per heavy atom. The van der Waals surface area contributed by atoms with Crippen LogP contribution in [0.3, 0.4) is 0 Å². The van der Waals surface area contributed by atoms with Crippen LogP contribution in [0.2, 0.25) is 0 Å². The minimum absolute atomic E-state index is 0.0235. The zero-order valence-electron chi connectivity index (χ0n) is 12.2. The summed E-state index contributed by atoms with van der Waals surface area (Å²) >= 11 is 0. The van der Waals surface area contributed by atoms with E-state index in [0.717, 1.165) is 12.8 Å². The number of Topliss-reactive ketones (excluding diaryl/α,β-unsaturated/α-hetero) is 2. The third-order valence-electron chi connectivity index (χ3n) is 3.71. The molecule has 2 unspecified atom stereocenters. The molecule has 5 heteroatoms. The van der Waals surface area contributed by atoms with Crippen molar-refractivity contribution in [1.82, 2.24) is 0 Å². The molecule has 5 nitrogen and oxygen atoms in total. The normalized spacial score (nSPS) is 25.1. The quantitative estimate of drug-likeness (QED) is 0.777. The van der Waals surface area contributed by atoms with E-state index in [-0.39, 0.29) is 42.5 Å². The van der Waals surface area contributed by atoms with Gasteiger partial charge in [0.2, 0.25) is 0 Å². The Kier molecular flexibility index (Phi) is 7.44. The maximum absolute atomic E-state index is 12.2. The lowest BCUT2D eigenvalue weighted by Crippen LogP contribution is -2.26. The molecular weight excluding hydrogens is 258 g/mol. The maximum atomic E-state index is 12.2. The van der Waals surface area contributed by atoms with Gasteiger partial charge in [0, 0.05) is 25.2 Å². The van der Waals surface area contributed by atoms with Gasteiger partial charge in [-0.15, -0.1) is 0 Å². The Hall–Kier alpha value is -1.23. The number of esters is 1. The number of cyclic esters (lactones) is 1. The molecule has 20 heavy (non-hydrogen) atoms. The average Bonchev–Trinajstić information content (AvgIpc) is 2.42. The first kappa shape index (κ1) is 16.8. The summed E-state index contributed by atoms with van der Waals surface area (Å²) in [4.78, 5) is 35.3. The van der Waals surface area contributed by atoms with Crippen LogP contribution in [0.15, 0.2) is 0 Å². The Morgan fingerprint density at radius 1 is 1.30 bits per heavy atom. The van der Waals surface area contributed by atoms with Crippen molar-refractivity contribution in [3.8, 4) is 0 Å². The van der Waals surface area contributed by atoms with Gasteiger partial charge < -0.3 is 10.5 Å². The van der Waals surface area contributed by atoms with E-state index in [9.17, 15) is 14.4 Å². The fourth-order valence-corrected chi connectivity index (χ4v) is 2.56. The van der Waals surface area contributed by atoms with E-state index >= 15 is 0 Å². The monoisotopic (exact) mass is 283 g/mol. The molecule has 0 radical (unpaired) electrons. The maximum Gasteiger partial charge on any atom is 0.306 e. The SMILES string of the molecule is CCCC1CCC(=O)C(CC(=O)CN)CCCC(=O)O1. The fourth-order valence-electron chi connectivity index (χ4n) is 2.56. The van der Waals surface area contributed by atoms with E-state index in [1.807, 2.05) is 6.92 Å². The second-order valence-corrected chi connectivity index (χ2v) is 5.44. The smallest absolute Gasteiger partial charge is 0.306 e. The van der Waals surface area contributed by atoms with Gasteiger partial charge in [-0.2, -0.15) is 0 Å². The highest BCUT2D eigenvalue weighted by molar-refractivity contribution is 5.88. The van der Waals surface area contributed by atoms with Gasteiger partial charge in [0.25, 0.3) is 0 Å². The zero-order chi connectivity index (χ0) is 15.0. The van der Waals surface area contributed by atoms with Crippen LogP contribution in [-0.4, -0.2) is 30.2 Å². The third kappa shape index (κ3) is 5.82. The molecule has 2 atom stereocenters. The molecule has 0 amide bonds. The molecule has 0 aromatic heterocycles. The Bertz CT molecular complexity index is 354. The number of hydrogen-bond acceptors (Lipinski definition) is 5. The van der Waals surface area contributed by atoms with Gasteiger partial charge in [-0.1, -0.05) is 13.3 Å². The molecule has 0 aromatic rings. The highest BCUT2D eigenvalue weighted by Gasteiger charge is 2.25. The summed E-state index contributed by atoms with van der Waals surface area (Å²) in [5.74, 6) is -0.458. The molecule has 1 fully saturated rings. The summed E-state index contributed by atoms with van der Waals surface area (Å²) < 4.78 is 5.38.